The molecule has 2 rings (SSSR count). The molecule has 1 aromatic heterocycles. The van der Waals surface area contributed by atoms with Crippen LogP contribution in [-0.4, -0.2) is 27.8 Å². The van der Waals surface area contributed by atoms with Crippen molar-refractivity contribution in [1.82, 2.24) is 14.9 Å². The minimum Gasteiger partial charge on any atom is -0.340 e. The molecule has 0 aliphatic rings. The van der Waals surface area contributed by atoms with Crippen LogP contribution in [0, 0.1) is 0 Å². The monoisotopic (exact) mass is 285 g/mol. The van der Waals surface area contributed by atoms with E-state index >= 15 is 0 Å². The van der Waals surface area contributed by atoms with Gasteiger partial charge in [0.1, 0.15) is 5.82 Å². The zero-order valence-corrected chi connectivity index (χ0v) is 11.1. The van der Waals surface area contributed by atoms with E-state index < -0.39 is 11.7 Å². The van der Waals surface area contributed by atoms with Crippen LogP contribution in [-0.2, 0) is 17.5 Å². The van der Waals surface area contributed by atoms with Crippen LogP contribution in [0.15, 0.2) is 18.2 Å². The van der Waals surface area contributed by atoms with E-state index in [9.17, 15) is 18.0 Å². The molecule has 0 atom stereocenters. The molecule has 7 heteroatoms. The van der Waals surface area contributed by atoms with Crippen molar-refractivity contribution in [3.8, 4) is 0 Å². The maximum absolute atomic E-state index is 12.6. The summed E-state index contributed by atoms with van der Waals surface area (Å²) in [5, 5.41) is 0. The second kappa shape index (κ2) is 5.15. The number of nitrogens with zero attached hydrogens (tertiary/aromatic N) is 2. The largest absolute Gasteiger partial charge is 0.416 e. The summed E-state index contributed by atoms with van der Waals surface area (Å²) >= 11 is 0. The molecule has 1 aromatic carbocycles. The summed E-state index contributed by atoms with van der Waals surface area (Å²) in [6.45, 7) is 1.98. The number of benzene rings is 1. The number of aromatic nitrogens is 2. The average Bonchev–Trinajstić information content (AvgIpc) is 2.77. The van der Waals surface area contributed by atoms with Gasteiger partial charge < -0.3 is 9.88 Å². The second-order valence-corrected chi connectivity index (χ2v) is 4.52. The van der Waals surface area contributed by atoms with Crippen molar-refractivity contribution < 1.29 is 18.0 Å². The first kappa shape index (κ1) is 14.4. The lowest BCUT2D eigenvalue weighted by atomic mass is 10.2. The summed E-state index contributed by atoms with van der Waals surface area (Å²) in [5.41, 5.74) is 0.0377. The molecule has 0 saturated heterocycles. The standard InChI is InChI=1S/C13H14F3N3O/c1-3-12(20)19(2)7-11-17-9-5-4-8(13(14,15)16)6-10(9)18-11/h4-6H,3,7H2,1-2H3,(H,17,18). The molecule has 1 heterocycles. The minimum absolute atomic E-state index is 0.0542. The zero-order valence-electron chi connectivity index (χ0n) is 11.1. The Morgan fingerprint density at radius 1 is 1.40 bits per heavy atom. The third-order valence-electron chi connectivity index (χ3n) is 2.97. The number of alkyl halides is 3. The average molecular weight is 285 g/mol. The predicted octanol–water partition coefficient (Wildman–Crippen LogP) is 2.95. The minimum atomic E-state index is -4.38. The lowest BCUT2D eigenvalue weighted by Gasteiger charge is -2.13. The molecule has 0 spiro atoms. The smallest absolute Gasteiger partial charge is 0.340 e. The van der Waals surface area contributed by atoms with Gasteiger partial charge in [0.2, 0.25) is 5.91 Å². The Kier molecular flexibility index (Phi) is 3.69. The van der Waals surface area contributed by atoms with Crippen LogP contribution in [0.5, 0.6) is 0 Å². The zero-order chi connectivity index (χ0) is 14.9. The molecular formula is C13H14F3N3O. The molecule has 0 aliphatic heterocycles. The number of fused-ring (bicyclic) bond motifs is 1. The maximum atomic E-state index is 12.6. The summed E-state index contributed by atoms with van der Waals surface area (Å²) < 4.78 is 37.8. The van der Waals surface area contributed by atoms with Gasteiger partial charge in [0.25, 0.3) is 0 Å². The number of aromatic amines is 1. The quantitative estimate of drug-likeness (QED) is 0.942. The fourth-order valence-electron chi connectivity index (χ4n) is 1.90. The highest BCUT2D eigenvalue weighted by Gasteiger charge is 2.30. The number of carbonyl (C=O) groups excluding carboxylic acids is 1. The van der Waals surface area contributed by atoms with Gasteiger partial charge in [-0.15, -0.1) is 0 Å². The first-order chi connectivity index (χ1) is 9.31. The van der Waals surface area contributed by atoms with Crippen LogP contribution in [0.3, 0.4) is 0 Å². The number of rotatable bonds is 3. The Morgan fingerprint density at radius 3 is 2.70 bits per heavy atom. The first-order valence-electron chi connectivity index (χ1n) is 6.11. The fourth-order valence-corrected chi connectivity index (χ4v) is 1.90. The van der Waals surface area contributed by atoms with Crippen LogP contribution >= 0.6 is 0 Å². The number of hydrogen-bond acceptors (Lipinski definition) is 2. The Labute approximate surface area is 113 Å². The number of imidazole rings is 1. The van der Waals surface area contributed by atoms with Crippen molar-refractivity contribution in [2.24, 2.45) is 0 Å². The molecule has 4 nitrogen and oxygen atoms in total. The molecule has 0 fully saturated rings. The van der Waals surface area contributed by atoms with E-state index in [0.717, 1.165) is 12.1 Å². The fraction of sp³-hybridized carbons (Fsp3) is 0.385. The molecule has 0 saturated carbocycles. The molecule has 20 heavy (non-hydrogen) atoms. The topological polar surface area (TPSA) is 49.0 Å². The van der Waals surface area contributed by atoms with Crippen molar-refractivity contribution in [3.05, 3.63) is 29.6 Å². The van der Waals surface area contributed by atoms with Crippen LogP contribution in [0.25, 0.3) is 11.0 Å². The summed E-state index contributed by atoms with van der Waals surface area (Å²) in [6.07, 6.45) is -4.01. The molecule has 0 bridgehead atoms. The summed E-state index contributed by atoms with van der Waals surface area (Å²) in [4.78, 5) is 19.9. The molecule has 0 unspecified atom stereocenters. The Bertz CT molecular complexity index is 633. The number of H-pyrrole nitrogens is 1. The van der Waals surface area contributed by atoms with Crippen molar-refractivity contribution in [2.75, 3.05) is 7.05 Å². The highest BCUT2D eigenvalue weighted by Crippen LogP contribution is 2.30. The number of halogens is 3. The van der Waals surface area contributed by atoms with Crippen LogP contribution in [0.4, 0.5) is 13.2 Å². The molecular weight excluding hydrogens is 271 g/mol. The Morgan fingerprint density at radius 2 is 2.10 bits per heavy atom. The van der Waals surface area contributed by atoms with Gasteiger partial charge in [0.15, 0.2) is 0 Å². The van der Waals surface area contributed by atoms with Crippen LogP contribution in [0.2, 0.25) is 0 Å². The van der Waals surface area contributed by atoms with Gasteiger partial charge >= 0.3 is 6.18 Å². The highest BCUT2D eigenvalue weighted by molar-refractivity contribution is 5.77. The Hall–Kier alpha value is -2.05. The summed E-state index contributed by atoms with van der Waals surface area (Å²) in [5.74, 6) is 0.407. The van der Waals surface area contributed by atoms with Gasteiger partial charge in [-0.2, -0.15) is 13.2 Å². The molecule has 108 valence electrons. The lowest BCUT2D eigenvalue weighted by molar-refractivity contribution is -0.137. The van der Waals surface area contributed by atoms with E-state index in [2.05, 4.69) is 9.97 Å². The van der Waals surface area contributed by atoms with Crippen molar-refractivity contribution >= 4 is 16.9 Å². The van der Waals surface area contributed by atoms with Gasteiger partial charge in [0.05, 0.1) is 23.1 Å². The first-order valence-corrected chi connectivity index (χ1v) is 6.11. The van der Waals surface area contributed by atoms with Gasteiger partial charge in [-0.25, -0.2) is 4.98 Å². The molecule has 2 aromatic rings. The Balaban J connectivity index is 2.28. The summed E-state index contributed by atoms with van der Waals surface area (Å²) in [6, 6.07) is 3.33. The summed E-state index contributed by atoms with van der Waals surface area (Å²) in [7, 11) is 1.63. The molecule has 0 aliphatic carbocycles. The van der Waals surface area contributed by atoms with Crippen molar-refractivity contribution in [1.29, 1.82) is 0 Å². The highest BCUT2D eigenvalue weighted by atomic mass is 19.4. The third-order valence-corrected chi connectivity index (χ3v) is 2.97. The van der Waals surface area contributed by atoms with E-state index in [1.165, 1.54) is 11.0 Å². The van der Waals surface area contributed by atoms with Crippen molar-refractivity contribution in [3.63, 3.8) is 0 Å². The SMILES string of the molecule is CCC(=O)N(C)Cc1nc2ccc(C(F)(F)F)cc2[nH]1. The van der Waals surface area contributed by atoms with Crippen LogP contribution < -0.4 is 0 Å². The molecule has 0 radical (unpaired) electrons. The predicted molar refractivity (Wildman–Crippen MR) is 67.9 cm³/mol. The van der Waals surface area contributed by atoms with Crippen LogP contribution in [0.1, 0.15) is 24.7 Å². The van der Waals surface area contributed by atoms with Gasteiger partial charge in [0, 0.05) is 13.5 Å². The molecule has 1 N–H and O–H groups in total. The number of amides is 1. The maximum Gasteiger partial charge on any atom is 0.416 e. The van der Waals surface area contributed by atoms with E-state index in [1.54, 1.807) is 14.0 Å². The third kappa shape index (κ3) is 2.92. The van der Waals surface area contributed by atoms with E-state index in [0.29, 0.717) is 23.3 Å². The lowest BCUT2D eigenvalue weighted by Crippen LogP contribution is -2.25. The van der Waals surface area contributed by atoms with Crippen molar-refractivity contribution in [2.45, 2.75) is 26.1 Å². The number of nitrogens with one attached hydrogen (secondary N) is 1. The second-order valence-electron chi connectivity index (χ2n) is 4.52. The van der Waals surface area contributed by atoms with E-state index in [-0.39, 0.29) is 12.5 Å². The van der Waals surface area contributed by atoms with E-state index in [1.807, 2.05) is 0 Å². The van der Waals surface area contributed by atoms with Gasteiger partial charge in [-0.05, 0) is 18.2 Å². The molecule has 1 amide bonds. The normalized spacial score (nSPS) is 11.8. The number of hydrogen-bond donors (Lipinski definition) is 1. The van der Waals surface area contributed by atoms with Gasteiger partial charge in [-0.3, -0.25) is 4.79 Å². The number of carbonyl (C=O) groups is 1. The van der Waals surface area contributed by atoms with Gasteiger partial charge in [-0.1, -0.05) is 6.92 Å². The van der Waals surface area contributed by atoms with E-state index in [4.69, 9.17) is 0 Å².